The van der Waals surface area contributed by atoms with Gasteiger partial charge in [-0.3, -0.25) is 4.79 Å². The van der Waals surface area contributed by atoms with Crippen LogP contribution in [0.15, 0.2) is 0 Å². The lowest BCUT2D eigenvalue weighted by atomic mass is 9.96. The molecular formula is C13H26N2O2. The van der Waals surface area contributed by atoms with Gasteiger partial charge in [-0.1, -0.05) is 13.8 Å². The summed E-state index contributed by atoms with van der Waals surface area (Å²) >= 11 is 0. The van der Waals surface area contributed by atoms with Crippen molar-refractivity contribution in [2.45, 2.75) is 39.2 Å². The Kier molecular flexibility index (Phi) is 5.40. The second-order valence-electron chi connectivity index (χ2n) is 4.92. The van der Waals surface area contributed by atoms with Gasteiger partial charge in [-0.2, -0.15) is 0 Å². The number of ether oxygens (including phenoxy) is 1. The van der Waals surface area contributed by atoms with E-state index >= 15 is 0 Å². The quantitative estimate of drug-likeness (QED) is 0.651. The number of nitrogens with one attached hydrogen (secondary N) is 1. The number of rotatable bonds is 8. The summed E-state index contributed by atoms with van der Waals surface area (Å²) in [5.74, 6) is 0.325. The molecule has 0 aliphatic heterocycles. The normalized spacial score (nSPS) is 19.1. The van der Waals surface area contributed by atoms with Gasteiger partial charge in [0.1, 0.15) is 5.54 Å². The summed E-state index contributed by atoms with van der Waals surface area (Å²) in [6, 6.07) is 0. The van der Waals surface area contributed by atoms with Gasteiger partial charge in [-0.15, -0.1) is 0 Å². The van der Waals surface area contributed by atoms with Crippen molar-refractivity contribution in [3.63, 3.8) is 0 Å². The van der Waals surface area contributed by atoms with E-state index in [4.69, 9.17) is 4.74 Å². The Morgan fingerprint density at radius 2 is 2.00 bits per heavy atom. The summed E-state index contributed by atoms with van der Waals surface area (Å²) in [6.45, 7) is 10.2. The number of nitrogens with zero attached hydrogens (tertiary/aromatic N) is 1. The van der Waals surface area contributed by atoms with Gasteiger partial charge in [0.2, 0.25) is 0 Å². The molecule has 1 aliphatic carbocycles. The lowest BCUT2D eigenvalue weighted by Crippen LogP contribution is -2.54. The van der Waals surface area contributed by atoms with Gasteiger partial charge < -0.3 is 15.0 Å². The Bertz CT molecular complexity index is 250. The molecule has 1 saturated carbocycles. The van der Waals surface area contributed by atoms with E-state index in [0.29, 0.717) is 5.92 Å². The second kappa shape index (κ2) is 6.36. The number of methoxy groups -OCH3 is 1. The minimum Gasteiger partial charge on any atom is -0.468 e. The maximum absolute atomic E-state index is 11.8. The van der Waals surface area contributed by atoms with Gasteiger partial charge in [-0.05, 0) is 38.8 Å². The fourth-order valence-corrected chi connectivity index (χ4v) is 2.27. The fourth-order valence-electron chi connectivity index (χ4n) is 2.27. The molecule has 4 heteroatoms. The molecule has 0 aromatic heterocycles. The first-order chi connectivity index (χ1) is 8.08. The van der Waals surface area contributed by atoms with E-state index in [1.165, 1.54) is 7.11 Å². The molecule has 0 amide bonds. The lowest BCUT2D eigenvalue weighted by Gasteiger charge is -2.29. The summed E-state index contributed by atoms with van der Waals surface area (Å²) in [5.41, 5.74) is -0.484. The summed E-state index contributed by atoms with van der Waals surface area (Å²) < 4.78 is 4.91. The van der Waals surface area contributed by atoms with E-state index < -0.39 is 5.54 Å². The van der Waals surface area contributed by atoms with Gasteiger partial charge >= 0.3 is 5.97 Å². The van der Waals surface area contributed by atoms with Crippen molar-refractivity contribution in [1.29, 1.82) is 0 Å². The molecule has 0 spiro atoms. The number of likely N-dealkylation sites (N-methyl/N-ethyl adjacent to an activating group) is 1. The maximum Gasteiger partial charge on any atom is 0.326 e. The summed E-state index contributed by atoms with van der Waals surface area (Å²) in [6.07, 6.45) is 2.26. The van der Waals surface area contributed by atoms with E-state index in [9.17, 15) is 4.79 Å². The minimum atomic E-state index is -0.484. The molecule has 17 heavy (non-hydrogen) atoms. The van der Waals surface area contributed by atoms with Crippen LogP contribution in [-0.2, 0) is 9.53 Å². The zero-order valence-corrected chi connectivity index (χ0v) is 11.6. The predicted molar refractivity (Wildman–Crippen MR) is 68.9 cm³/mol. The van der Waals surface area contributed by atoms with Crippen molar-refractivity contribution >= 4 is 5.97 Å². The molecule has 100 valence electrons. The Hall–Kier alpha value is -0.610. The monoisotopic (exact) mass is 242 g/mol. The topological polar surface area (TPSA) is 41.6 Å². The third-order valence-corrected chi connectivity index (χ3v) is 3.82. The first-order valence-corrected chi connectivity index (χ1v) is 6.64. The minimum absolute atomic E-state index is 0.125. The third-order valence-electron chi connectivity index (χ3n) is 3.82. The predicted octanol–water partition coefficient (Wildman–Crippen LogP) is 1.26. The van der Waals surface area contributed by atoms with Crippen LogP contribution >= 0.6 is 0 Å². The van der Waals surface area contributed by atoms with Crippen molar-refractivity contribution in [2.24, 2.45) is 5.92 Å². The molecule has 1 rings (SSSR count). The third kappa shape index (κ3) is 3.68. The number of carbonyl (C=O) groups is 1. The van der Waals surface area contributed by atoms with E-state index in [0.717, 1.165) is 39.0 Å². The van der Waals surface area contributed by atoms with Gasteiger partial charge in [0.05, 0.1) is 7.11 Å². The van der Waals surface area contributed by atoms with Crippen molar-refractivity contribution in [1.82, 2.24) is 10.2 Å². The standard InChI is InChI=1S/C13H26N2O2/c1-5-15(6-2)10-9-14-13(3,11-7-8-11)12(16)17-4/h11,14H,5-10H2,1-4H3. The Labute approximate surface area is 105 Å². The van der Waals surface area contributed by atoms with Crippen LogP contribution in [0.5, 0.6) is 0 Å². The van der Waals surface area contributed by atoms with Crippen LogP contribution in [0.1, 0.15) is 33.6 Å². The van der Waals surface area contributed by atoms with Crippen LogP contribution in [0.25, 0.3) is 0 Å². The highest BCUT2D eigenvalue weighted by Gasteiger charge is 2.47. The molecule has 4 nitrogen and oxygen atoms in total. The Balaban J connectivity index is 2.42. The molecule has 1 atom stereocenters. The summed E-state index contributed by atoms with van der Waals surface area (Å²) in [5, 5.41) is 3.39. The van der Waals surface area contributed by atoms with E-state index in [1.54, 1.807) is 0 Å². The first kappa shape index (κ1) is 14.5. The molecule has 1 aliphatic rings. The van der Waals surface area contributed by atoms with E-state index in [2.05, 4.69) is 24.1 Å². The summed E-state index contributed by atoms with van der Waals surface area (Å²) in [4.78, 5) is 14.2. The van der Waals surface area contributed by atoms with Gasteiger partial charge in [0, 0.05) is 13.1 Å². The average molecular weight is 242 g/mol. The van der Waals surface area contributed by atoms with Crippen LogP contribution in [0.3, 0.4) is 0 Å². The van der Waals surface area contributed by atoms with Crippen molar-refractivity contribution in [2.75, 3.05) is 33.3 Å². The van der Waals surface area contributed by atoms with Crippen LogP contribution in [0, 0.1) is 5.92 Å². The lowest BCUT2D eigenvalue weighted by molar-refractivity contribution is -0.148. The second-order valence-corrected chi connectivity index (χ2v) is 4.92. The van der Waals surface area contributed by atoms with E-state index in [-0.39, 0.29) is 5.97 Å². The highest BCUT2D eigenvalue weighted by molar-refractivity contribution is 5.81. The Morgan fingerprint density at radius 1 is 1.41 bits per heavy atom. The zero-order chi connectivity index (χ0) is 12.9. The molecule has 1 N–H and O–H groups in total. The van der Waals surface area contributed by atoms with E-state index in [1.807, 2.05) is 6.92 Å². The molecule has 0 heterocycles. The first-order valence-electron chi connectivity index (χ1n) is 6.64. The molecule has 0 aromatic rings. The van der Waals surface area contributed by atoms with Crippen molar-refractivity contribution in [3.05, 3.63) is 0 Å². The highest BCUT2D eigenvalue weighted by atomic mass is 16.5. The highest BCUT2D eigenvalue weighted by Crippen LogP contribution is 2.40. The van der Waals surface area contributed by atoms with Gasteiger partial charge in [-0.25, -0.2) is 0 Å². The molecule has 1 unspecified atom stereocenters. The summed E-state index contributed by atoms with van der Waals surface area (Å²) in [7, 11) is 1.47. The molecule has 0 bridgehead atoms. The van der Waals surface area contributed by atoms with Crippen LogP contribution < -0.4 is 5.32 Å². The zero-order valence-electron chi connectivity index (χ0n) is 11.6. The average Bonchev–Trinajstić information content (AvgIpc) is 3.17. The molecular weight excluding hydrogens is 216 g/mol. The fraction of sp³-hybridized carbons (Fsp3) is 0.923. The number of carbonyl (C=O) groups excluding carboxylic acids is 1. The number of esters is 1. The molecule has 0 radical (unpaired) electrons. The molecule has 0 aromatic carbocycles. The molecule has 0 saturated heterocycles. The number of hydrogen-bond acceptors (Lipinski definition) is 4. The van der Waals surface area contributed by atoms with Gasteiger partial charge in [0.15, 0.2) is 0 Å². The maximum atomic E-state index is 11.8. The van der Waals surface area contributed by atoms with Gasteiger partial charge in [0.25, 0.3) is 0 Å². The number of hydrogen-bond donors (Lipinski definition) is 1. The SMILES string of the molecule is CCN(CC)CCNC(C)(C(=O)OC)C1CC1. The van der Waals surface area contributed by atoms with Crippen LogP contribution in [0.2, 0.25) is 0 Å². The van der Waals surface area contributed by atoms with Crippen molar-refractivity contribution in [3.8, 4) is 0 Å². The molecule has 1 fully saturated rings. The van der Waals surface area contributed by atoms with Crippen LogP contribution in [0.4, 0.5) is 0 Å². The smallest absolute Gasteiger partial charge is 0.326 e. The Morgan fingerprint density at radius 3 is 2.41 bits per heavy atom. The van der Waals surface area contributed by atoms with Crippen molar-refractivity contribution < 1.29 is 9.53 Å². The largest absolute Gasteiger partial charge is 0.468 e. The van der Waals surface area contributed by atoms with Crippen LogP contribution in [-0.4, -0.2) is 49.7 Å².